The molecule has 0 fully saturated rings. The first-order valence-corrected chi connectivity index (χ1v) is 31.1. The molecule has 0 atom stereocenters. The van der Waals surface area contributed by atoms with E-state index in [2.05, 4.69) is 238 Å². The van der Waals surface area contributed by atoms with Gasteiger partial charge in [-0.1, -0.05) is 162 Å². The van der Waals surface area contributed by atoms with Crippen LogP contribution in [0.15, 0.2) is 217 Å². The minimum atomic E-state index is -7.22. The molecule has 15 aromatic carbocycles. The molecule has 0 bridgehead atoms. The highest BCUT2D eigenvalue weighted by Crippen LogP contribution is 2.48. The third-order valence-electron chi connectivity index (χ3n) is 18.1. The van der Waals surface area contributed by atoms with E-state index in [1.165, 1.54) is 64.6 Å². The number of halogens is 21. The Morgan fingerprint density at radius 2 is 0.382 bits per heavy atom. The van der Waals surface area contributed by atoms with E-state index in [4.69, 9.17) is 0 Å². The number of nitrogens with zero attached hydrogens (tertiary/aromatic N) is 2. The predicted molar refractivity (Wildman–Crippen MR) is 358 cm³/mol. The molecule has 0 aromatic heterocycles. The lowest BCUT2D eigenvalue weighted by atomic mass is 9.12. The minimum Gasteiger partial charge on any atom is -0.310 e. The smallest absolute Gasteiger partial charge is 0.200 e. The van der Waals surface area contributed by atoms with E-state index < -0.39 is 144 Å². The summed E-state index contributed by atoms with van der Waals surface area (Å²) in [6, 6.07) is 77.4. The fraction of sp³-hybridized carbons (Fsp3) is 0. The van der Waals surface area contributed by atoms with E-state index in [1.807, 2.05) is 0 Å². The first kappa shape index (κ1) is 67.8. The molecule has 508 valence electrons. The summed E-state index contributed by atoms with van der Waals surface area (Å²) in [7, 11) is 0. The summed E-state index contributed by atoms with van der Waals surface area (Å²) < 4.78 is 295. The molecule has 24 heteroatoms. The van der Waals surface area contributed by atoms with Crippen LogP contribution in [0.3, 0.4) is 0 Å². The van der Waals surface area contributed by atoms with E-state index in [0.29, 0.717) is 0 Å². The monoisotopic (exact) mass is 1470 g/mol. The zero-order valence-electron chi connectivity index (χ0n) is 51.1. The highest BCUT2D eigenvalue weighted by atomic mass is 79.9. The molecule has 0 spiro atoms. The number of hydrogen-bond donors (Lipinski definition) is 0. The zero-order valence-corrected chi connectivity index (χ0v) is 52.7. The van der Waals surface area contributed by atoms with Gasteiger partial charge in [0.05, 0.1) is 17.1 Å². The van der Waals surface area contributed by atoms with Crippen molar-refractivity contribution < 1.29 is 87.8 Å². The Bertz CT molecular complexity index is 5500. The molecule has 0 aliphatic carbocycles. The van der Waals surface area contributed by atoms with Crippen molar-refractivity contribution >= 4 is 143 Å². The van der Waals surface area contributed by atoms with Crippen molar-refractivity contribution in [3.05, 3.63) is 333 Å². The van der Waals surface area contributed by atoms with E-state index in [1.54, 1.807) is 0 Å². The van der Waals surface area contributed by atoms with Crippen molar-refractivity contribution in [3.8, 4) is 0 Å². The first-order chi connectivity index (χ1) is 48.9. The number of hydrogen-bond acceptors (Lipinski definition) is 2. The number of fused-ring (bicyclic) bond motifs is 9. The van der Waals surface area contributed by atoms with Crippen molar-refractivity contribution in [2.24, 2.45) is 0 Å². The second kappa shape index (κ2) is 26.0. The van der Waals surface area contributed by atoms with Crippen LogP contribution < -0.4 is 31.7 Å². The van der Waals surface area contributed by atoms with Crippen LogP contribution in [0.4, 0.5) is 122 Å². The molecular formula is C78H35BBrF20N2-. The molecule has 0 aliphatic rings. The van der Waals surface area contributed by atoms with Gasteiger partial charge in [0.25, 0.3) is 0 Å². The Balaban J connectivity index is 0.000000179. The topological polar surface area (TPSA) is 6.48 Å². The van der Waals surface area contributed by atoms with Crippen LogP contribution in [-0.2, 0) is 0 Å². The fourth-order valence-electron chi connectivity index (χ4n) is 13.7. The van der Waals surface area contributed by atoms with Crippen molar-refractivity contribution in [2.45, 2.75) is 0 Å². The lowest BCUT2D eigenvalue weighted by Gasteiger charge is -2.44. The van der Waals surface area contributed by atoms with Gasteiger partial charge >= 0.3 is 0 Å². The Labute approximate surface area is 570 Å². The fourth-order valence-corrected chi connectivity index (χ4v) is 14.0. The van der Waals surface area contributed by atoms with E-state index >= 15 is 35.1 Å². The van der Waals surface area contributed by atoms with Gasteiger partial charge in [-0.2, -0.15) is 0 Å². The molecule has 0 heterocycles. The molecule has 2 nitrogen and oxygen atoms in total. The predicted octanol–water partition coefficient (Wildman–Crippen LogP) is 22.2. The molecule has 0 radical (unpaired) electrons. The molecule has 0 saturated carbocycles. The normalized spacial score (nSPS) is 11.8. The Kier molecular flexibility index (Phi) is 17.3. The number of anilines is 6. The molecule has 15 aromatic rings. The maximum Gasteiger partial charge on any atom is 0.200 e. The van der Waals surface area contributed by atoms with E-state index in [0.717, 1.165) is 38.6 Å². The van der Waals surface area contributed by atoms with E-state index in [9.17, 15) is 52.7 Å². The van der Waals surface area contributed by atoms with Crippen LogP contribution >= 0.6 is 15.9 Å². The van der Waals surface area contributed by atoms with Crippen LogP contribution in [0.1, 0.15) is 0 Å². The van der Waals surface area contributed by atoms with Gasteiger partial charge in [0.1, 0.15) is 52.7 Å². The summed E-state index contributed by atoms with van der Waals surface area (Å²) in [6.45, 7) is 0. The number of benzene rings is 15. The van der Waals surface area contributed by atoms with Crippen molar-refractivity contribution in [2.75, 3.05) is 9.80 Å². The van der Waals surface area contributed by atoms with Crippen LogP contribution in [0.25, 0.3) is 64.6 Å². The molecule has 0 aliphatic heterocycles. The average molecular weight is 1470 g/mol. The highest BCUT2D eigenvalue weighted by Gasteiger charge is 2.52. The maximum atomic E-state index is 15.4. The van der Waals surface area contributed by atoms with Gasteiger partial charge in [-0.3, -0.25) is 0 Å². The van der Waals surface area contributed by atoms with Crippen LogP contribution in [0.2, 0.25) is 0 Å². The van der Waals surface area contributed by atoms with Gasteiger partial charge < -0.3 is 9.80 Å². The lowest BCUT2D eigenvalue weighted by molar-refractivity contribution is 0.378. The van der Waals surface area contributed by atoms with Crippen molar-refractivity contribution in [1.82, 2.24) is 0 Å². The molecule has 0 unspecified atom stereocenters. The van der Waals surface area contributed by atoms with Crippen LogP contribution in [0, 0.1) is 116 Å². The molecule has 0 amide bonds. The van der Waals surface area contributed by atoms with Gasteiger partial charge in [-0.05, 0) is 115 Å². The molecule has 15 rings (SSSR count). The lowest BCUT2D eigenvalue weighted by Crippen LogP contribution is -2.81. The SMILES string of the molecule is Brc1ccc(N(c2ccc(N(c3cc4ccccc4c4ccccc34)c3cc4ccccc4c4ccccc34)cc2)c2cc3ccccc3c3ccccc23)cc1.Fc1c(F)c(F)c([B-](c2c(F)c(F)c(F)c(F)c2F)(c2c(F)c(F)c(F)c(F)c2F)c2c(F)c(F)c(F)c(F)c2F)c(F)c1F. The third-order valence-corrected chi connectivity index (χ3v) is 18.6. The van der Waals surface area contributed by atoms with E-state index in [-0.39, 0.29) is 0 Å². The standard InChI is InChI=1S/C54H35BrN2.C24BF20/c55-39-25-27-40(28-26-39)56(52-33-36-13-1-4-16-43(36)46-19-7-10-22-49(46)52)41-29-31-42(32-30-41)57(53-34-37-14-2-5-17-44(37)47-20-8-11-23-50(47)53)54-35-38-15-3-6-18-45(38)48-21-9-12-24-51(48)54;26-5-1(6(27)14(35)21(42)13(5)34)25(2-7(28)15(36)22(43)16(37)8(2)29,3-9(30)17(38)23(44)18(39)10(3)31)4-11(32)19(40)24(45)20(41)12(4)33/h1-35H;/q;-1. The third kappa shape index (κ3) is 10.5. The summed E-state index contributed by atoms with van der Waals surface area (Å²) in [5, 5.41) is 14.7. The van der Waals surface area contributed by atoms with Crippen LogP contribution in [0.5, 0.6) is 0 Å². The van der Waals surface area contributed by atoms with Crippen molar-refractivity contribution in [3.63, 3.8) is 0 Å². The van der Waals surface area contributed by atoms with Crippen molar-refractivity contribution in [1.29, 1.82) is 0 Å². The summed E-state index contributed by atoms with van der Waals surface area (Å²) >= 11 is 3.69. The number of rotatable bonds is 10. The largest absolute Gasteiger partial charge is 0.310 e. The Morgan fingerprint density at radius 3 is 0.637 bits per heavy atom. The Morgan fingerprint density at radius 1 is 0.196 bits per heavy atom. The Hall–Kier alpha value is -11.4. The summed E-state index contributed by atoms with van der Waals surface area (Å²) in [5.74, 6) is -71.4. The van der Waals surface area contributed by atoms with Gasteiger partial charge in [-0.25, -0.2) is 87.8 Å². The quantitative estimate of drug-likeness (QED) is 0.0443. The second-order valence-electron chi connectivity index (χ2n) is 23.5. The van der Waals surface area contributed by atoms with Gasteiger partial charge in [0.15, 0.2) is 69.8 Å². The average Bonchev–Trinajstić information content (AvgIpc) is 0.681. The maximum absolute atomic E-state index is 15.4. The van der Waals surface area contributed by atoms with Gasteiger partial charge in [0, 0.05) is 37.7 Å². The molecular weight excluding hydrogens is 1440 g/mol. The second-order valence-corrected chi connectivity index (χ2v) is 24.4. The first-order valence-electron chi connectivity index (χ1n) is 30.3. The summed E-state index contributed by atoms with van der Waals surface area (Å²) in [5.41, 5.74) is -7.66. The molecule has 0 saturated heterocycles. The zero-order chi connectivity index (χ0) is 72.2. The molecule has 102 heavy (non-hydrogen) atoms. The molecule has 0 N–H and O–H groups in total. The summed E-state index contributed by atoms with van der Waals surface area (Å²) in [6.07, 6.45) is -7.22. The van der Waals surface area contributed by atoms with Gasteiger partial charge in [-0.15, -0.1) is 21.9 Å². The minimum absolute atomic E-state index is 1.05. The summed E-state index contributed by atoms with van der Waals surface area (Å²) in [4.78, 5) is 4.87. The highest BCUT2D eigenvalue weighted by molar-refractivity contribution is 9.10. The van der Waals surface area contributed by atoms with Gasteiger partial charge in [0.2, 0.25) is 0 Å². The van der Waals surface area contributed by atoms with Crippen LogP contribution in [-0.4, -0.2) is 6.15 Å².